The number of nitrogens with one attached hydrogen (secondary N) is 2. The fraction of sp³-hybridized carbons (Fsp3) is 0.296. The number of hydrogen-bond acceptors (Lipinski definition) is 4. The lowest BCUT2D eigenvalue weighted by molar-refractivity contribution is -0.137. The number of benzene rings is 1. The van der Waals surface area contributed by atoms with E-state index in [0.717, 1.165) is 54.9 Å². The van der Waals surface area contributed by atoms with E-state index in [2.05, 4.69) is 26.7 Å². The first-order valence-corrected chi connectivity index (χ1v) is 11.7. The molecule has 35 heavy (non-hydrogen) atoms. The number of allylic oxidation sites excluding steroid dienone is 1. The van der Waals surface area contributed by atoms with Gasteiger partial charge in [0.25, 0.3) is 0 Å². The summed E-state index contributed by atoms with van der Waals surface area (Å²) < 4.78 is 38.3. The van der Waals surface area contributed by atoms with Crippen LogP contribution < -0.4 is 10.6 Å². The minimum absolute atomic E-state index is 0.00449. The van der Waals surface area contributed by atoms with E-state index in [0.29, 0.717) is 17.7 Å². The third-order valence-electron chi connectivity index (χ3n) is 6.88. The largest absolute Gasteiger partial charge is 0.417 e. The van der Waals surface area contributed by atoms with Crippen LogP contribution in [0, 0.1) is 17.8 Å². The lowest BCUT2D eigenvalue weighted by Gasteiger charge is -2.43. The van der Waals surface area contributed by atoms with Crippen molar-refractivity contribution in [2.45, 2.75) is 31.9 Å². The van der Waals surface area contributed by atoms with Crippen LogP contribution in [0.1, 0.15) is 36.8 Å². The highest BCUT2D eigenvalue weighted by molar-refractivity contribution is 5.92. The van der Waals surface area contributed by atoms with Gasteiger partial charge in [0.1, 0.15) is 5.82 Å². The number of halogens is 3. The number of rotatable bonds is 5. The monoisotopic (exact) mass is 478 g/mol. The van der Waals surface area contributed by atoms with E-state index in [1.807, 2.05) is 30.3 Å². The zero-order valence-electron chi connectivity index (χ0n) is 18.9. The Morgan fingerprint density at radius 2 is 1.89 bits per heavy atom. The van der Waals surface area contributed by atoms with E-state index in [1.54, 1.807) is 18.5 Å². The summed E-state index contributed by atoms with van der Waals surface area (Å²) in [5.41, 5.74) is 3.07. The van der Waals surface area contributed by atoms with Crippen LogP contribution in [0.3, 0.4) is 0 Å². The molecule has 3 aliphatic rings. The van der Waals surface area contributed by atoms with Crippen molar-refractivity contribution in [2.24, 2.45) is 17.8 Å². The highest BCUT2D eigenvalue weighted by atomic mass is 19.4. The van der Waals surface area contributed by atoms with Crippen molar-refractivity contribution in [3.8, 4) is 0 Å². The Bertz CT molecular complexity index is 1230. The normalized spacial score (nSPS) is 22.7. The summed E-state index contributed by atoms with van der Waals surface area (Å²) in [7, 11) is 0. The molecule has 3 aromatic rings. The molecule has 3 atom stereocenters. The maximum Gasteiger partial charge on any atom is 0.417 e. The molecule has 0 aliphatic heterocycles. The van der Waals surface area contributed by atoms with Crippen LogP contribution in [0.25, 0.3) is 6.08 Å². The molecule has 0 spiro atoms. The van der Waals surface area contributed by atoms with Gasteiger partial charge in [-0.25, -0.2) is 4.98 Å². The maximum atomic E-state index is 12.9. The molecule has 8 heteroatoms. The molecule has 6 rings (SSSR count). The van der Waals surface area contributed by atoms with Crippen LogP contribution >= 0.6 is 0 Å². The molecular weight excluding hydrogens is 453 g/mol. The SMILES string of the molecule is O=C(Nc1cccnc1)C1CC2CCC1C/C2=C\c1cccc(Nc2ccc(C(F)(F)F)cn2)c1. The number of pyridine rings is 2. The Balaban J connectivity index is 1.25. The predicted octanol–water partition coefficient (Wildman–Crippen LogP) is 6.70. The van der Waals surface area contributed by atoms with Crippen LogP contribution in [-0.4, -0.2) is 15.9 Å². The van der Waals surface area contributed by atoms with Crippen LogP contribution in [-0.2, 0) is 11.0 Å². The fourth-order valence-corrected chi connectivity index (χ4v) is 5.16. The van der Waals surface area contributed by atoms with Gasteiger partial charge in [0.05, 0.1) is 17.4 Å². The van der Waals surface area contributed by atoms with E-state index in [9.17, 15) is 18.0 Å². The third kappa shape index (κ3) is 5.37. The zero-order valence-corrected chi connectivity index (χ0v) is 18.9. The average Bonchev–Trinajstić information content (AvgIpc) is 2.85. The molecule has 5 nitrogen and oxygen atoms in total. The molecule has 3 aliphatic carbocycles. The van der Waals surface area contributed by atoms with Crippen molar-refractivity contribution in [3.63, 3.8) is 0 Å². The van der Waals surface area contributed by atoms with E-state index in [1.165, 1.54) is 11.6 Å². The summed E-state index contributed by atoms with van der Waals surface area (Å²) in [5, 5.41) is 6.08. The Hall–Kier alpha value is -3.68. The van der Waals surface area contributed by atoms with Crippen molar-refractivity contribution < 1.29 is 18.0 Å². The van der Waals surface area contributed by atoms with Crippen molar-refractivity contribution in [3.05, 3.63) is 83.8 Å². The van der Waals surface area contributed by atoms with Crippen molar-refractivity contribution in [2.75, 3.05) is 10.6 Å². The lowest BCUT2D eigenvalue weighted by Crippen LogP contribution is -2.39. The second-order valence-corrected chi connectivity index (χ2v) is 9.21. The van der Waals surface area contributed by atoms with Crippen LogP contribution in [0.4, 0.5) is 30.4 Å². The number of amides is 1. The molecule has 2 aromatic heterocycles. The molecule has 0 radical (unpaired) electrons. The summed E-state index contributed by atoms with van der Waals surface area (Å²) in [6.07, 6.45) is 5.82. The van der Waals surface area contributed by atoms with Gasteiger partial charge in [-0.1, -0.05) is 23.8 Å². The maximum absolute atomic E-state index is 12.9. The van der Waals surface area contributed by atoms with Gasteiger partial charge in [0, 0.05) is 24.0 Å². The van der Waals surface area contributed by atoms with Crippen LogP contribution in [0.15, 0.2) is 72.7 Å². The molecule has 1 amide bonds. The Labute approximate surface area is 201 Å². The molecule has 2 heterocycles. The van der Waals surface area contributed by atoms with Gasteiger partial charge in [-0.05, 0) is 79.5 Å². The molecule has 2 bridgehead atoms. The van der Waals surface area contributed by atoms with E-state index in [-0.39, 0.29) is 11.8 Å². The average molecular weight is 479 g/mol. The number of anilines is 3. The molecule has 2 N–H and O–H groups in total. The predicted molar refractivity (Wildman–Crippen MR) is 129 cm³/mol. The summed E-state index contributed by atoms with van der Waals surface area (Å²) in [5.74, 6) is 1.12. The molecule has 1 aromatic carbocycles. The van der Waals surface area contributed by atoms with Gasteiger partial charge in [-0.3, -0.25) is 9.78 Å². The van der Waals surface area contributed by atoms with Crippen molar-refractivity contribution >= 4 is 29.2 Å². The van der Waals surface area contributed by atoms with Gasteiger partial charge in [0.2, 0.25) is 5.91 Å². The first kappa shape index (κ1) is 23.1. The second-order valence-electron chi connectivity index (χ2n) is 9.21. The number of nitrogens with zero attached hydrogens (tertiary/aromatic N) is 2. The van der Waals surface area contributed by atoms with E-state index in [4.69, 9.17) is 0 Å². The molecule has 3 fully saturated rings. The van der Waals surface area contributed by atoms with Gasteiger partial charge in [-0.2, -0.15) is 13.2 Å². The smallest absolute Gasteiger partial charge is 0.340 e. The Morgan fingerprint density at radius 1 is 1.03 bits per heavy atom. The van der Waals surface area contributed by atoms with Gasteiger partial charge < -0.3 is 10.6 Å². The second kappa shape index (κ2) is 9.52. The quantitative estimate of drug-likeness (QED) is 0.428. The Morgan fingerprint density at radius 3 is 2.57 bits per heavy atom. The standard InChI is InChI=1S/C27H25F3N4O/c28-27(29,30)21-8-9-25(32-15-21)33-22-4-1-3-17(12-22)11-20-13-19-7-6-18(20)14-24(19)26(35)34-23-5-2-10-31-16-23/h1-5,8-12,15-16,18-19,24H,6-7,13-14H2,(H,32,33)(H,34,35)/b20-11+. The summed E-state index contributed by atoms with van der Waals surface area (Å²) in [4.78, 5) is 20.8. The first-order chi connectivity index (χ1) is 16.8. The minimum atomic E-state index is -4.41. The van der Waals surface area contributed by atoms with Gasteiger partial charge in [0.15, 0.2) is 0 Å². The van der Waals surface area contributed by atoms with Crippen LogP contribution in [0.2, 0.25) is 0 Å². The fourth-order valence-electron chi connectivity index (χ4n) is 5.16. The van der Waals surface area contributed by atoms with Crippen molar-refractivity contribution in [1.82, 2.24) is 9.97 Å². The van der Waals surface area contributed by atoms with Gasteiger partial charge in [-0.15, -0.1) is 0 Å². The highest BCUT2D eigenvalue weighted by Crippen LogP contribution is 2.49. The number of carbonyl (C=O) groups excluding carboxylic acids is 1. The van der Waals surface area contributed by atoms with Gasteiger partial charge >= 0.3 is 6.18 Å². The third-order valence-corrected chi connectivity index (χ3v) is 6.88. The zero-order chi connectivity index (χ0) is 24.4. The van der Waals surface area contributed by atoms with Crippen LogP contribution in [0.5, 0.6) is 0 Å². The minimum Gasteiger partial charge on any atom is -0.340 e. The summed E-state index contributed by atoms with van der Waals surface area (Å²) >= 11 is 0. The number of fused-ring (bicyclic) bond motifs is 3. The lowest BCUT2D eigenvalue weighted by atomic mass is 9.62. The van der Waals surface area contributed by atoms with E-state index < -0.39 is 11.7 Å². The summed E-state index contributed by atoms with van der Waals surface area (Å²) in [6, 6.07) is 13.7. The van der Waals surface area contributed by atoms with E-state index >= 15 is 0 Å². The molecule has 0 saturated heterocycles. The number of hydrogen-bond donors (Lipinski definition) is 2. The first-order valence-electron chi connectivity index (χ1n) is 11.7. The molecule has 3 saturated carbocycles. The number of carbonyl (C=O) groups is 1. The topological polar surface area (TPSA) is 66.9 Å². The highest BCUT2D eigenvalue weighted by Gasteiger charge is 2.41. The van der Waals surface area contributed by atoms with Crippen molar-refractivity contribution in [1.29, 1.82) is 0 Å². The molecule has 3 unspecified atom stereocenters. The Kier molecular flexibility index (Phi) is 6.28. The summed E-state index contributed by atoms with van der Waals surface area (Å²) in [6.45, 7) is 0. The molecular formula is C27H25F3N4O. The number of aromatic nitrogens is 2. The molecule has 180 valence electrons. The number of alkyl halides is 3.